The lowest BCUT2D eigenvalue weighted by molar-refractivity contribution is -0.384. The Labute approximate surface area is 155 Å². The average molecular weight is 372 g/mol. The van der Waals surface area contributed by atoms with Gasteiger partial charge in [-0.25, -0.2) is 10.2 Å². The number of nitro groups is 1. The van der Waals surface area contributed by atoms with Crippen molar-refractivity contribution < 1.29 is 19.2 Å². The number of non-ortho nitro benzene ring substituents is 1. The van der Waals surface area contributed by atoms with Gasteiger partial charge in [0.05, 0.1) is 28.5 Å². The Bertz CT molecular complexity index is 930. The first-order chi connectivity index (χ1) is 12.8. The van der Waals surface area contributed by atoms with Crippen molar-refractivity contribution in [1.82, 2.24) is 10.4 Å². The van der Waals surface area contributed by atoms with Gasteiger partial charge < -0.3 is 9.72 Å². The van der Waals surface area contributed by atoms with Crippen molar-refractivity contribution in [3.63, 3.8) is 0 Å². The summed E-state index contributed by atoms with van der Waals surface area (Å²) in [6.45, 7) is 7.17. The molecule has 0 bridgehead atoms. The number of aryl methyl sites for hydroxylation is 1. The number of hydrogen-bond donors (Lipinski definition) is 2. The number of benzene rings is 1. The molecule has 2 rings (SSSR count). The van der Waals surface area contributed by atoms with E-state index in [0.717, 1.165) is 0 Å². The van der Waals surface area contributed by atoms with Crippen LogP contribution in [0.4, 0.5) is 5.69 Å². The number of carbonyl (C=O) groups is 2. The maximum Gasteiger partial charge on any atom is 0.340 e. The van der Waals surface area contributed by atoms with Crippen LogP contribution in [-0.4, -0.2) is 34.1 Å². The fourth-order valence-corrected chi connectivity index (χ4v) is 2.64. The Morgan fingerprint density at radius 2 is 2.04 bits per heavy atom. The smallest absolute Gasteiger partial charge is 0.340 e. The number of hydrazone groups is 1. The zero-order valence-electron chi connectivity index (χ0n) is 15.5. The molecule has 0 spiro atoms. The summed E-state index contributed by atoms with van der Waals surface area (Å²) in [5.74, 6) is -1.01. The normalized spacial score (nSPS) is 11.2. The van der Waals surface area contributed by atoms with E-state index in [-0.39, 0.29) is 17.9 Å². The first kappa shape index (κ1) is 19.8. The minimum atomic E-state index is -0.579. The van der Waals surface area contributed by atoms with Crippen LogP contribution in [0.25, 0.3) is 0 Å². The van der Waals surface area contributed by atoms with Gasteiger partial charge in [-0.05, 0) is 39.3 Å². The first-order valence-electron chi connectivity index (χ1n) is 8.22. The monoisotopic (exact) mass is 372 g/mol. The third-order valence-electron chi connectivity index (χ3n) is 3.92. The number of aromatic amines is 1. The molecule has 9 heteroatoms. The lowest BCUT2D eigenvalue weighted by Crippen LogP contribution is -2.19. The standard InChI is InChI=1S/C18H20N4O5/c1-5-27-18(24)15-10(2)16(19-11(15)3)12(4)20-21-17(23)13-7-6-8-14(9-13)22(25)26/h6-9,19H,5H2,1-4H3,(H,21,23)/b20-12+. The molecule has 2 aromatic rings. The predicted molar refractivity (Wildman–Crippen MR) is 99.0 cm³/mol. The van der Waals surface area contributed by atoms with Crippen LogP contribution < -0.4 is 5.43 Å². The topological polar surface area (TPSA) is 127 Å². The summed E-state index contributed by atoms with van der Waals surface area (Å²) in [6.07, 6.45) is 0. The van der Waals surface area contributed by atoms with Crippen LogP contribution in [0, 0.1) is 24.0 Å². The third-order valence-corrected chi connectivity index (χ3v) is 3.92. The van der Waals surface area contributed by atoms with E-state index in [0.29, 0.717) is 28.2 Å². The number of ether oxygens (including phenoxy) is 1. The highest BCUT2D eigenvalue weighted by Crippen LogP contribution is 2.20. The second kappa shape index (κ2) is 8.26. The molecule has 0 atom stereocenters. The number of carbonyl (C=O) groups excluding carboxylic acids is 2. The van der Waals surface area contributed by atoms with E-state index < -0.39 is 16.8 Å². The molecular formula is C18H20N4O5. The molecule has 9 nitrogen and oxygen atoms in total. The first-order valence-corrected chi connectivity index (χ1v) is 8.22. The number of hydrogen-bond acceptors (Lipinski definition) is 6. The van der Waals surface area contributed by atoms with Crippen LogP contribution in [0.15, 0.2) is 29.4 Å². The molecule has 1 aromatic carbocycles. The number of nitrogens with zero attached hydrogens (tertiary/aromatic N) is 2. The molecule has 0 fully saturated rings. The fourth-order valence-electron chi connectivity index (χ4n) is 2.64. The van der Waals surface area contributed by atoms with Crippen LogP contribution in [0.3, 0.4) is 0 Å². The van der Waals surface area contributed by atoms with Gasteiger partial charge in [0.15, 0.2) is 0 Å². The molecule has 27 heavy (non-hydrogen) atoms. The van der Waals surface area contributed by atoms with Crippen LogP contribution in [0.5, 0.6) is 0 Å². The minimum Gasteiger partial charge on any atom is -0.462 e. The van der Waals surface area contributed by atoms with Crippen LogP contribution in [-0.2, 0) is 4.74 Å². The van der Waals surface area contributed by atoms with E-state index in [4.69, 9.17) is 4.74 Å². The van der Waals surface area contributed by atoms with Gasteiger partial charge in [-0.15, -0.1) is 0 Å². The molecule has 1 heterocycles. The molecule has 0 aliphatic carbocycles. The Morgan fingerprint density at radius 1 is 1.33 bits per heavy atom. The number of aromatic nitrogens is 1. The lowest BCUT2D eigenvalue weighted by Gasteiger charge is -2.04. The maximum absolute atomic E-state index is 12.2. The zero-order valence-corrected chi connectivity index (χ0v) is 15.5. The van der Waals surface area contributed by atoms with Crippen molar-refractivity contribution in [2.45, 2.75) is 27.7 Å². The molecule has 0 aliphatic rings. The van der Waals surface area contributed by atoms with Crippen molar-refractivity contribution in [1.29, 1.82) is 0 Å². The fraction of sp³-hybridized carbons (Fsp3) is 0.278. The van der Waals surface area contributed by atoms with Gasteiger partial charge in [0.1, 0.15) is 0 Å². The Kier molecular flexibility index (Phi) is 6.07. The molecule has 2 N–H and O–H groups in total. The van der Waals surface area contributed by atoms with Crippen molar-refractivity contribution in [3.05, 3.63) is 62.5 Å². The minimum absolute atomic E-state index is 0.118. The Balaban J connectivity index is 2.22. The highest BCUT2D eigenvalue weighted by molar-refractivity contribution is 6.04. The number of nitrogens with one attached hydrogen (secondary N) is 2. The average Bonchev–Trinajstić information content (AvgIpc) is 2.94. The van der Waals surface area contributed by atoms with Crippen LogP contribution in [0.1, 0.15) is 51.5 Å². The quantitative estimate of drug-likeness (QED) is 0.349. The summed E-state index contributed by atoms with van der Waals surface area (Å²) < 4.78 is 5.05. The van der Waals surface area contributed by atoms with Gasteiger partial charge in [-0.3, -0.25) is 14.9 Å². The van der Waals surface area contributed by atoms with E-state index in [9.17, 15) is 19.7 Å². The molecule has 0 unspecified atom stereocenters. The summed E-state index contributed by atoms with van der Waals surface area (Å²) in [5, 5.41) is 14.8. The second-order valence-electron chi connectivity index (χ2n) is 5.79. The molecule has 1 aromatic heterocycles. The highest BCUT2D eigenvalue weighted by Gasteiger charge is 2.20. The van der Waals surface area contributed by atoms with E-state index >= 15 is 0 Å². The van der Waals surface area contributed by atoms with Crippen LogP contribution >= 0.6 is 0 Å². The van der Waals surface area contributed by atoms with Crippen molar-refractivity contribution in [2.75, 3.05) is 6.61 Å². The zero-order chi connectivity index (χ0) is 20.1. The summed E-state index contributed by atoms with van der Waals surface area (Å²) in [4.78, 5) is 37.5. The van der Waals surface area contributed by atoms with Gasteiger partial charge in [0, 0.05) is 23.4 Å². The number of esters is 1. The molecular weight excluding hydrogens is 352 g/mol. The SMILES string of the molecule is CCOC(=O)c1c(C)[nH]c(/C(C)=N/NC(=O)c2cccc([N+](=O)[O-])c2)c1C. The number of nitro benzene ring substituents is 1. The molecule has 0 saturated heterocycles. The van der Waals surface area contributed by atoms with E-state index in [1.165, 1.54) is 24.3 Å². The Morgan fingerprint density at radius 3 is 2.67 bits per heavy atom. The van der Waals surface area contributed by atoms with E-state index in [1.807, 2.05) is 0 Å². The number of amides is 1. The van der Waals surface area contributed by atoms with Crippen molar-refractivity contribution in [2.24, 2.45) is 5.10 Å². The van der Waals surface area contributed by atoms with E-state index in [2.05, 4.69) is 15.5 Å². The summed E-state index contributed by atoms with van der Waals surface area (Å²) in [6, 6.07) is 5.35. The lowest BCUT2D eigenvalue weighted by atomic mass is 10.1. The van der Waals surface area contributed by atoms with Gasteiger partial charge in [0.25, 0.3) is 11.6 Å². The van der Waals surface area contributed by atoms with Gasteiger partial charge in [0.2, 0.25) is 0 Å². The molecule has 0 saturated carbocycles. The second-order valence-corrected chi connectivity index (χ2v) is 5.79. The molecule has 142 valence electrons. The number of H-pyrrole nitrogens is 1. The summed E-state index contributed by atoms with van der Waals surface area (Å²) in [5.41, 5.74) is 5.08. The summed E-state index contributed by atoms with van der Waals surface area (Å²) in [7, 11) is 0. The highest BCUT2D eigenvalue weighted by atomic mass is 16.6. The molecule has 0 radical (unpaired) electrons. The number of rotatable bonds is 6. The van der Waals surface area contributed by atoms with Crippen LogP contribution in [0.2, 0.25) is 0 Å². The van der Waals surface area contributed by atoms with Crippen molar-refractivity contribution in [3.8, 4) is 0 Å². The molecule has 0 aliphatic heterocycles. The van der Waals surface area contributed by atoms with Gasteiger partial charge in [-0.2, -0.15) is 5.10 Å². The Hall–Kier alpha value is -3.49. The summed E-state index contributed by atoms with van der Waals surface area (Å²) >= 11 is 0. The van der Waals surface area contributed by atoms with E-state index in [1.54, 1.807) is 27.7 Å². The maximum atomic E-state index is 12.2. The third kappa shape index (κ3) is 4.38. The van der Waals surface area contributed by atoms with Crippen molar-refractivity contribution >= 4 is 23.3 Å². The largest absolute Gasteiger partial charge is 0.462 e. The van der Waals surface area contributed by atoms with Gasteiger partial charge >= 0.3 is 5.97 Å². The predicted octanol–water partition coefficient (Wildman–Crippen LogP) is 2.87. The molecule has 1 amide bonds. The van der Waals surface area contributed by atoms with Gasteiger partial charge in [-0.1, -0.05) is 6.07 Å².